The number of halogens is 1. The van der Waals surface area contributed by atoms with Crippen LogP contribution in [0.5, 0.6) is 0 Å². The molecule has 2 aromatic rings. The van der Waals surface area contributed by atoms with E-state index in [1.54, 1.807) is 0 Å². The average Bonchev–Trinajstić information content (AvgIpc) is 2.35. The first-order chi connectivity index (χ1) is 8.16. The van der Waals surface area contributed by atoms with Crippen molar-refractivity contribution in [2.75, 3.05) is 0 Å². The maximum Gasteiger partial charge on any atom is 0.303 e. The number of hydrogen-bond acceptors (Lipinski definition) is 1. The summed E-state index contributed by atoms with van der Waals surface area (Å²) in [6.07, 6.45) is 0.552. The van der Waals surface area contributed by atoms with E-state index in [4.69, 9.17) is 16.7 Å². The first-order valence-corrected chi connectivity index (χ1v) is 5.95. The highest BCUT2D eigenvalue weighted by Gasteiger charge is 2.10. The molecular weight excluding hydrogens is 236 g/mol. The van der Waals surface area contributed by atoms with Gasteiger partial charge in [0.05, 0.1) is 5.38 Å². The Balaban J connectivity index is 2.20. The predicted octanol–water partition coefficient (Wildman–Crippen LogP) is 3.98. The number of fused-ring (bicyclic) bond motifs is 1. The minimum Gasteiger partial charge on any atom is -0.481 e. The van der Waals surface area contributed by atoms with Gasteiger partial charge in [-0.05, 0) is 28.8 Å². The molecule has 0 aromatic heterocycles. The lowest BCUT2D eigenvalue weighted by atomic mass is 10.0. The van der Waals surface area contributed by atoms with E-state index in [2.05, 4.69) is 0 Å². The normalized spacial score (nSPS) is 12.5. The molecule has 0 radical (unpaired) electrons. The van der Waals surface area contributed by atoms with Gasteiger partial charge >= 0.3 is 5.97 Å². The first kappa shape index (κ1) is 11.9. The molecule has 3 heteroatoms. The molecule has 0 heterocycles. The maximum absolute atomic E-state index is 10.5. The van der Waals surface area contributed by atoms with Crippen LogP contribution in [0.2, 0.25) is 0 Å². The van der Waals surface area contributed by atoms with E-state index in [0.29, 0.717) is 6.42 Å². The SMILES string of the molecule is O=C(O)CCC(Cl)c1ccc2ccccc2c1. The van der Waals surface area contributed by atoms with Crippen LogP contribution in [-0.4, -0.2) is 11.1 Å². The molecule has 0 fully saturated rings. The van der Waals surface area contributed by atoms with E-state index in [1.807, 2.05) is 42.5 Å². The van der Waals surface area contributed by atoms with E-state index in [-0.39, 0.29) is 11.8 Å². The van der Waals surface area contributed by atoms with E-state index >= 15 is 0 Å². The summed E-state index contributed by atoms with van der Waals surface area (Å²) in [5.41, 5.74) is 0.978. The summed E-state index contributed by atoms with van der Waals surface area (Å²) < 4.78 is 0. The van der Waals surface area contributed by atoms with Gasteiger partial charge in [-0.15, -0.1) is 11.6 Å². The number of benzene rings is 2. The van der Waals surface area contributed by atoms with Gasteiger partial charge in [0.2, 0.25) is 0 Å². The molecule has 0 aliphatic rings. The quantitative estimate of drug-likeness (QED) is 0.831. The van der Waals surface area contributed by atoms with Crippen molar-refractivity contribution in [1.82, 2.24) is 0 Å². The Bertz CT molecular complexity index is 536. The minimum atomic E-state index is -0.809. The van der Waals surface area contributed by atoms with Crippen molar-refractivity contribution < 1.29 is 9.90 Å². The summed E-state index contributed by atoms with van der Waals surface area (Å²) >= 11 is 6.19. The highest BCUT2D eigenvalue weighted by molar-refractivity contribution is 6.21. The van der Waals surface area contributed by atoms with Crippen LogP contribution in [0.3, 0.4) is 0 Å². The molecule has 0 aliphatic carbocycles. The largest absolute Gasteiger partial charge is 0.481 e. The van der Waals surface area contributed by atoms with E-state index in [0.717, 1.165) is 10.9 Å². The molecule has 2 aromatic carbocycles. The van der Waals surface area contributed by atoms with Gasteiger partial charge in [-0.3, -0.25) is 4.79 Å². The zero-order valence-electron chi connectivity index (χ0n) is 9.27. The zero-order valence-corrected chi connectivity index (χ0v) is 10.0. The second kappa shape index (κ2) is 5.19. The molecule has 1 atom stereocenters. The summed E-state index contributed by atoms with van der Waals surface area (Å²) in [6, 6.07) is 14.0. The average molecular weight is 249 g/mol. The number of carboxylic acid groups (broad SMARTS) is 1. The van der Waals surface area contributed by atoms with Crippen molar-refractivity contribution in [1.29, 1.82) is 0 Å². The molecule has 88 valence electrons. The van der Waals surface area contributed by atoms with E-state index < -0.39 is 5.97 Å². The minimum absolute atomic E-state index is 0.0982. The molecule has 17 heavy (non-hydrogen) atoms. The van der Waals surface area contributed by atoms with Gasteiger partial charge in [-0.1, -0.05) is 36.4 Å². The van der Waals surface area contributed by atoms with Gasteiger partial charge in [0.25, 0.3) is 0 Å². The van der Waals surface area contributed by atoms with Gasteiger partial charge in [0.15, 0.2) is 0 Å². The third-order valence-corrected chi connectivity index (χ3v) is 3.22. The van der Waals surface area contributed by atoms with Crippen LogP contribution in [0.4, 0.5) is 0 Å². The monoisotopic (exact) mass is 248 g/mol. The second-order valence-electron chi connectivity index (χ2n) is 4.01. The van der Waals surface area contributed by atoms with Crippen molar-refractivity contribution in [2.45, 2.75) is 18.2 Å². The fraction of sp³-hybridized carbons (Fsp3) is 0.214. The predicted molar refractivity (Wildman–Crippen MR) is 69.4 cm³/mol. The molecule has 0 spiro atoms. The summed E-state index contributed by atoms with van der Waals surface area (Å²) in [7, 11) is 0. The molecule has 1 unspecified atom stereocenters. The molecule has 0 bridgehead atoms. The smallest absolute Gasteiger partial charge is 0.303 e. The van der Waals surface area contributed by atoms with Crippen LogP contribution in [0, 0.1) is 0 Å². The Kier molecular flexibility index (Phi) is 3.64. The second-order valence-corrected chi connectivity index (χ2v) is 4.53. The summed E-state index contributed by atoms with van der Waals surface area (Å²) in [5, 5.41) is 10.7. The third-order valence-electron chi connectivity index (χ3n) is 2.75. The Morgan fingerprint density at radius 2 is 1.88 bits per heavy atom. The Hall–Kier alpha value is -1.54. The van der Waals surface area contributed by atoms with Crippen LogP contribution in [-0.2, 0) is 4.79 Å². The molecule has 2 rings (SSSR count). The lowest BCUT2D eigenvalue weighted by Gasteiger charge is -2.09. The molecule has 0 saturated heterocycles. The first-order valence-electron chi connectivity index (χ1n) is 5.51. The zero-order chi connectivity index (χ0) is 12.3. The van der Waals surface area contributed by atoms with Gasteiger partial charge in [0, 0.05) is 6.42 Å². The van der Waals surface area contributed by atoms with Crippen LogP contribution < -0.4 is 0 Å². The Labute approximate surface area is 105 Å². The maximum atomic E-state index is 10.5. The van der Waals surface area contributed by atoms with E-state index in [9.17, 15) is 4.79 Å². The fourth-order valence-corrected chi connectivity index (χ4v) is 2.06. The van der Waals surface area contributed by atoms with Crippen molar-refractivity contribution in [3.05, 3.63) is 48.0 Å². The Morgan fingerprint density at radius 1 is 1.18 bits per heavy atom. The molecule has 2 nitrogen and oxygen atoms in total. The van der Waals surface area contributed by atoms with Crippen LogP contribution in [0.15, 0.2) is 42.5 Å². The summed E-state index contributed by atoms with van der Waals surface area (Å²) in [6.45, 7) is 0. The van der Waals surface area contributed by atoms with Gasteiger partial charge in [-0.25, -0.2) is 0 Å². The van der Waals surface area contributed by atoms with Crippen molar-refractivity contribution >= 4 is 28.3 Å². The number of rotatable bonds is 4. The fourth-order valence-electron chi connectivity index (χ4n) is 1.82. The van der Waals surface area contributed by atoms with Crippen molar-refractivity contribution in [2.24, 2.45) is 0 Å². The highest BCUT2D eigenvalue weighted by atomic mass is 35.5. The molecule has 0 aliphatic heterocycles. The number of alkyl halides is 1. The van der Waals surface area contributed by atoms with Crippen LogP contribution in [0.1, 0.15) is 23.8 Å². The van der Waals surface area contributed by atoms with Crippen molar-refractivity contribution in [3.63, 3.8) is 0 Å². The van der Waals surface area contributed by atoms with Gasteiger partial charge in [0.1, 0.15) is 0 Å². The summed E-state index contributed by atoms with van der Waals surface area (Å²) in [5.74, 6) is -0.809. The number of carbonyl (C=O) groups is 1. The van der Waals surface area contributed by atoms with E-state index in [1.165, 1.54) is 5.39 Å². The Morgan fingerprint density at radius 3 is 2.59 bits per heavy atom. The lowest BCUT2D eigenvalue weighted by Crippen LogP contribution is -1.98. The van der Waals surface area contributed by atoms with Gasteiger partial charge in [-0.2, -0.15) is 0 Å². The summed E-state index contributed by atoms with van der Waals surface area (Å²) in [4.78, 5) is 10.5. The molecule has 0 amide bonds. The number of aliphatic carboxylic acids is 1. The lowest BCUT2D eigenvalue weighted by molar-refractivity contribution is -0.137. The highest BCUT2D eigenvalue weighted by Crippen LogP contribution is 2.28. The van der Waals surface area contributed by atoms with Gasteiger partial charge < -0.3 is 5.11 Å². The molecule has 1 N–H and O–H groups in total. The van der Waals surface area contributed by atoms with Crippen LogP contribution >= 0.6 is 11.6 Å². The van der Waals surface area contributed by atoms with Crippen molar-refractivity contribution in [3.8, 4) is 0 Å². The standard InChI is InChI=1S/C14H13ClO2/c15-13(7-8-14(16)17)12-6-5-10-3-1-2-4-11(10)9-12/h1-6,9,13H,7-8H2,(H,16,17). The number of hydrogen-bond donors (Lipinski definition) is 1. The topological polar surface area (TPSA) is 37.3 Å². The molecular formula is C14H13ClO2. The molecule has 0 saturated carbocycles. The number of carboxylic acids is 1. The third kappa shape index (κ3) is 2.98. The van der Waals surface area contributed by atoms with Crippen LogP contribution in [0.25, 0.3) is 10.8 Å².